The van der Waals surface area contributed by atoms with Gasteiger partial charge in [0.15, 0.2) is 0 Å². The van der Waals surface area contributed by atoms with Crippen molar-refractivity contribution in [3.8, 4) is 11.3 Å². The lowest BCUT2D eigenvalue weighted by molar-refractivity contribution is -0.119. The Labute approximate surface area is 182 Å². The Morgan fingerprint density at radius 1 is 1.10 bits per heavy atom. The molecule has 1 amide bonds. The Hall–Kier alpha value is -3.45. The van der Waals surface area contributed by atoms with Crippen LogP contribution in [0.25, 0.3) is 11.3 Å². The number of hydrogen-bond donors (Lipinski definition) is 2. The number of rotatable bonds is 7. The molecule has 0 saturated carbocycles. The van der Waals surface area contributed by atoms with E-state index in [9.17, 15) is 4.79 Å². The van der Waals surface area contributed by atoms with E-state index in [1.165, 1.54) is 5.69 Å². The quantitative estimate of drug-likeness (QED) is 0.609. The second kappa shape index (κ2) is 9.57. The lowest BCUT2D eigenvalue weighted by Crippen LogP contribution is -2.36. The third kappa shape index (κ3) is 5.00. The van der Waals surface area contributed by atoms with Gasteiger partial charge in [-0.3, -0.25) is 4.79 Å². The van der Waals surface area contributed by atoms with E-state index in [0.717, 1.165) is 48.8 Å². The molecule has 3 aromatic rings. The zero-order valence-corrected chi connectivity index (χ0v) is 17.6. The van der Waals surface area contributed by atoms with Crippen LogP contribution < -0.4 is 16.0 Å². The number of nitrogens with two attached hydrogens (primary N) is 1. The molecule has 0 radical (unpaired) electrons. The number of anilines is 3. The van der Waals surface area contributed by atoms with Crippen LogP contribution in [-0.2, 0) is 9.53 Å². The number of carbonyl (C=O) groups is 1. The number of benzene rings is 2. The third-order valence-electron chi connectivity index (χ3n) is 5.52. The lowest BCUT2D eigenvalue weighted by atomic mass is 9.94. The predicted molar refractivity (Wildman–Crippen MR) is 122 cm³/mol. The first-order valence-electron chi connectivity index (χ1n) is 10.6. The number of nitrogens with zero attached hydrogens (tertiary/aromatic N) is 3. The molecule has 0 bridgehead atoms. The number of carbonyl (C=O) groups excluding carboxylic acids is 1. The highest BCUT2D eigenvalue weighted by Gasteiger charge is 2.15. The van der Waals surface area contributed by atoms with Crippen molar-refractivity contribution in [2.24, 2.45) is 5.73 Å². The molecule has 7 nitrogen and oxygen atoms in total. The molecule has 1 aliphatic rings. The molecule has 2 aromatic carbocycles. The van der Waals surface area contributed by atoms with Gasteiger partial charge in [-0.05, 0) is 42.3 Å². The average molecular weight is 418 g/mol. The number of ether oxygens (including phenoxy) is 1. The van der Waals surface area contributed by atoms with E-state index in [1.54, 1.807) is 6.20 Å². The average Bonchev–Trinajstić information content (AvgIpc) is 2.81. The van der Waals surface area contributed by atoms with Gasteiger partial charge in [0.05, 0.1) is 24.8 Å². The van der Waals surface area contributed by atoms with Gasteiger partial charge in [-0.25, -0.2) is 9.97 Å². The van der Waals surface area contributed by atoms with Crippen molar-refractivity contribution < 1.29 is 9.53 Å². The molecule has 1 saturated heterocycles. The monoisotopic (exact) mass is 417 g/mol. The smallest absolute Gasteiger partial charge is 0.227 e. The summed E-state index contributed by atoms with van der Waals surface area (Å²) in [6.45, 7) is 5.32. The Bertz CT molecular complexity index is 1010. The molecule has 160 valence electrons. The van der Waals surface area contributed by atoms with Crippen molar-refractivity contribution in [2.45, 2.75) is 19.3 Å². The van der Waals surface area contributed by atoms with Crippen molar-refractivity contribution in [3.63, 3.8) is 0 Å². The fraction of sp³-hybridized carbons (Fsp3) is 0.292. The van der Waals surface area contributed by atoms with Crippen LogP contribution in [0.15, 0.2) is 60.8 Å². The van der Waals surface area contributed by atoms with Gasteiger partial charge < -0.3 is 20.7 Å². The lowest BCUT2D eigenvalue weighted by Gasteiger charge is -2.28. The van der Waals surface area contributed by atoms with E-state index in [-0.39, 0.29) is 11.8 Å². The first-order chi connectivity index (χ1) is 15.1. The minimum absolute atomic E-state index is 0.267. The summed E-state index contributed by atoms with van der Waals surface area (Å²) in [5.74, 6) is -0.0372. The molecule has 1 fully saturated rings. The van der Waals surface area contributed by atoms with Gasteiger partial charge in [0, 0.05) is 36.2 Å². The van der Waals surface area contributed by atoms with Gasteiger partial charge in [-0.2, -0.15) is 0 Å². The van der Waals surface area contributed by atoms with E-state index < -0.39 is 0 Å². The molecule has 2 heterocycles. The number of morpholine rings is 1. The number of primary amides is 1. The van der Waals surface area contributed by atoms with Crippen LogP contribution >= 0.6 is 0 Å². The summed E-state index contributed by atoms with van der Waals surface area (Å²) < 4.78 is 5.41. The Kier molecular flexibility index (Phi) is 6.43. The highest BCUT2D eigenvalue weighted by Crippen LogP contribution is 2.25. The van der Waals surface area contributed by atoms with E-state index in [4.69, 9.17) is 10.5 Å². The largest absolute Gasteiger partial charge is 0.378 e. The molecule has 7 heteroatoms. The van der Waals surface area contributed by atoms with Gasteiger partial charge in [0.2, 0.25) is 11.9 Å². The van der Waals surface area contributed by atoms with Gasteiger partial charge in [-0.15, -0.1) is 0 Å². The zero-order valence-electron chi connectivity index (χ0n) is 17.6. The maximum absolute atomic E-state index is 11.6. The summed E-state index contributed by atoms with van der Waals surface area (Å²) in [6, 6.07) is 17.9. The number of nitrogens with one attached hydrogen (secondary N) is 1. The summed E-state index contributed by atoms with van der Waals surface area (Å²) in [5, 5.41) is 3.27. The Morgan fingerprint density at radius 3 is 2.45 bits per heavy atom. The Balaban J connectivity index is 1.46. The highest BCUT2D eigenvalue weighted by atomic mass is 16.5. The second-order valence-corrected chi connectivity index (χ2v) is 7.52. The van der Waals surface area contributed by atoms with Crippen LogP contribution in [0.2, 0.25) is 0 Å². The molecular formula is C24H27N5O2. The molecule has 1 atom stereocenters. The third-order valence-corrected chi connectivity index (χ3v) is 5.52. The van der Waals surface area contributed by atoms with Crippen molar-refractivity contribution >= 4 is 23.2 Å². The van der Waals surface area contributed by atoms with Crippen molar-refractivity contribution in [1.82, 2.24) is 9.97 Å². The van der Waals surface area contributed by atoms with E-state index in [1.807, 2.05) is 49.4 Å². The number of aromatic nitrogens is 2. The summed E-state index contributed by atoms with van der Waals surface area (Å²) in [5.41, 5.74) is 10.3. The van der Waals surface area contributed by atoms with Gasteiger partial charge in [-0.1, -0.05) is 31.2 Å². The predicted octanol–water partition coefficient (Wildman–Crippen LogP) is 3.70. The summed E-state index contributed by atoms with van der Waals surface area (Å²) in [4.78, 5) is 22.9. The van der Waals surface area contributed by atoms with Crippen LogP contribution in [0.3, 0.4) is 0 Å². The second-order valence-electron chi connectivity index (χ2n) is 7.52. The van der Waals surface area contributed by atoms with Crippen LogP contribution in [0.1, 0.15) is 24.8 Å². The van der Waals surface area contributed by atoms with Crippen LogP contribution in [0, 0.1) is 0 Å². The standard InChI is InChI=1S/C24H27N5O2/c1-2-21(23(25)30)17-3-5-18(6-4-17)22-11-12-26-24(28-22)27-19-7-9-20(10-8-19)29-13-15-31-16-14-29/h3-12,21H,2,13-16H2,1H3,(H2,25,30)(H,26,27,28). The van der Waals surface area contributed by atoms with E-state index in [2.05, 4.69) is 32.3 Å². The molecule has 31 heavy (non-hydrogen) atoms. The molecule has 1 aromatic heterocycles. The minimum Gasteiger partial charge on any atom is -0.378 e. The maximum Gasteiger partial charge on any atom is 0.227 e. The highest BCUT2D eigenvalue weighted by molar-refractivity contribution is 5.82. The summed E-state index contributed by atoms with van der Waals surface area (Å²) in [7, 11) is 0. The Morgan fingerprint density at radius 2 is 1.81 bits per heavy atom. The molecule has 1 unspecified atom stereocenters. The zero-order chi connectivity index (χ0) is 21.6. The van der Waals surface area contributed by atoms with Crippen molar-refractivity contribution in [2.75, 3.05) is 36.5 Å². The topological polar surface area (TPSA) is 93.4 Å². The molecular weight excluding hydrogens is 390 g/mol. The summed E-state index contributed by atoms with van der Waals surface area (Å²) in [6.07, 6.45) is 2.42. The van der Waals surface area contributed by atoms with Crippen LogP contribution in [-0.4, -0.2) is 42.2 Å². The van der Waals surface area contributed by atoms with Gasteiger partial charge in [0.1, 0.15) is 0 Å². The first kappa shape index (κ1) is 20.8. The van der Waals surface area contributed by atoms with Gasteiger partial charge >= 0.3 is 0 Å². The normalized spacial score (nSPS) is 14.8. The molecule has 1 aliphatic heterocycles. The van der Waals surface area contributed by atoms with E-state index >= 15 is 0 Å². The first-order valence-corrected chi connectivity index (χ1v) is 10.6. The fourth-order valence-corrected chi connectivity index (χ4v) is 3.77. The molecule has 0 aliphatic carbocycles. The molecule has 0 spiro atoms. The number of hydrogen-bond acceptors (Lipinski definition) is 6. The minimum atomic E-state index is -0.302. The van der Waals surface area contributed by atoms with Crippen LogP contribution in [0.4, 0.5) is 17.3 Å². The fourth-order valence-electron chi connectivity index (χ4n) is 3.77. The van der Waals surface area contributed by atoms with Crippen molar-refractivity contribution in [3.05, 3.63) is 66.4 Å². The van der Waals surface area contributed by atoms with Crippen LogP contribution in [0.5, 0.6) is 0 Å². The van der Waals surface area contributed by atoms with Gasteiger partial charge in [0.25, 0.3) is 0 Å². The van der Waals surface area contributed by atoms with E-state index in [0.29, 0.717) is 12.4 Å². The molecule has 4 rings (SSSR count). The maximum atomic E-state index is 11.6. The van der Waals surface area contributed by atoms with Crippen molar-refractivity contribution in [1.29, 1.82) is 0 Å². The SMILES string of the molecule is CCC(C(N)=O)c1ccc(-c2ccnc(Nc3ccc(N4CCOCC4)cc3)n2)cc1. The molecule has 3 N–H and O–H groups in total. The number of amides is 1. The summed E-state index contributed by atoms with van der Waals surface area (Å²) >= 11 is 0.